The maximum Gasteiger partial charge on any atom is 0.274 e. The van der Waals surface area contributed by atoms with Crippen LogP contribution in [-0.4, -0.2) is 17.0 Å². The molecule has 0 aliphatic carbocycles. The highest BCUT2D eigenvalue weighted by molar-refractivity contribution is 6.32. The van der Waals surface area contributed by atoms with Gasteiger partial charge >= 0.3 is 0 Å². The molecule has 1 N–H and O–H groups in total. The van der Waals surface area contributed by atoms with Gasteiger partial charge in [-0.25, -0.2) is 4.98 Å². The van der Waals surface area contributed by atoms with E-state index < -0.39 is 11.9 Å². The van der Waals surface area contributed by atoms with Gasteiger partial charge in [-0.3, -0.25) is 4.79 Å². The number of pyridine rings is 1. The maximum absolute atomic E-state index is 13.0. The molecule has 0 aliphatic rings. The third-order valence-electron chi connectivity index (χ3n) is 2.50. The van der Waals surface area contributed by atoms with Gasteiger partial charge in [0.1, 0.15) is 11.4 Å². The lowest BCUT2D eigenvalue weighted by atomic mass is 10.2. The predicted molar refractivity (Wildman–Crippen MR) is 79.4 cm³/mol. The Morgan fingerprint density at radius 2 is 2.10 bits per heavy atom. The zero-order valence-corrected chi connectivity index (χ0v) is 12.3. The highest BCUT2D eigenvalue weighted by atomic mass is 35.5. The monoisotopic (exact) mass is 308 g/mol. The van der Waals surface area contributed by atoms with Gasteiger partial charge in [0.15, 0.2) is 0 Å². The fraction of sp³-hybridized carbons (Fsp3) is 0.200. The number of ether oxygens (including phenoxy) is 1. The standard InChI is InChI=1S/C15H14ClFN2O2/c1-9(2)21-13-7-6-10(8-11(13)16)18-15(20)12-4-3-5-14(17)19-12/h3-9H,1-2H3,(H,18,20). The van der Waals surface area contributed by atoms with Gasteiger partial charge in [-0.2, -0.15) is 4.39 Å². The first-order valence-electron chi connectivity index (χ1n) is 6.36. The molecule has 0 radical (unpaired) electrons. The Hall–Kier alpha value is -2.14. The summed E-state index contributed by atoms with van der Waals surface area (Å²) in [7, 11) is 0. The van der Waals surface area contributed by atoms with E-state index >= 15 is 0 Å². The van der Waals surface area contributed by atoms with Crippen LogP contribution in [0.2, 0.25) is 5.02 Å². The van der Waals surface area contributed by atoms with Crippen molar-refractivity contribution in [1.82, 2.24) is 4.98 Å². The molecule has 0 fully saturated rings. The molecule has 6 heteroatoms. The summed E-state index contributed by atoms with van der Waals surface area (Å²) < 4.78 is 18.5. The molecule has 1 heterocycles. The lowest BCUT2D eigenvalue weighted by Gasteiger charge is -2.12. The molecule has 0 atom stereocenters. The number of rotatable bonds is 4. The number of halogens is 2. The zero-order valence-electron chi connectivity index (χ0n) is 11.6. The number of aromatic nitrogens is 1. The number of nitrogens with zero attached hydrogens (tertiary/aromatic N) is 1. The molecule has 110 valence electrons. The van der Waals surface area contributed by atoms with Gasteiger partial charge < -0.3 is 10.1 Å². The van der Waals surface area contributed by atoms with Crippen LogP contribution in [0.5, 0.6) is 5.75 Å². The van der Waals surface area contributed by atoms with Crippen LogP contribution in [0.1, 0.15) is 24.3 Å². The average molecular weight is 309 g/mol. The second-order valence-electron chi connectivity index (χ2n) is 4.61. The third kappa shape index (κ3) is 4.16. The first-order chi connectivity index (χ1) is 9.95. The summed E-state index contributed by atoms with van der Waals surface area (Å²) >= 11 is 6.08. The average Bonchev–Trinajstić information content (AvgIpc) is 2.41. The van der Waals surface area contributed by atoms with E-state index in [-0.39, 0.29) is 11.8 Å². The molecule has 0 saturated heterocycles. The zero-order chi connectivity index (χ0) is 15.4. The molecular formula is C15H14ClFN2O2. The van der Waals surface area contributed by atoms with Crippen LogP contribution in [0.15, 0.2) is 36.4 Å². The van der Waals surface area contributed by atoms with Crippen LogP contribution in [0.4, 0.5) is 10.1 Å². The van der Waals surface area contributed by atoms with Crippen molar-refractivity contribution in [2.45, 2.75) is 20.0 Å². The second-order valence-corrected chi connectivity index (χ2v) is 5.02. The summed E-state index contributed by atoms with van der Waals surface area (Å²) in [6.07, 6.45) is -0.000523. The molecule has 2 rings (SSSR count). The summed E-state index contributed by atoms with van der Waals surface area (Å²) in [5, 5.41) is 2.98. The topological polar surface area (TPSA) is 51.2 Å². The summed E-state index contributed by atoms with van der Waals surface area (Å²) in [5.74, 6) is -0.682. The largest absolute Gasteiger partial charge is 0.489 e. The molecule has 4 nitrogen and oxygen atoms in total. The highest BCUT2D eigenvalue weighted by Gasteiger charge is 2.10. The number of hydrogen-bond acceptors (Lipinski definition) is 3. The van der Waals surface area contributed by atoms with Crippen LogP contribution in [0.25, 0.3) is 0 Å². The van der Waals surface area contributed by atoms with E-state index in [0.29, 0.717) is 16.5 Å². The quantitative estimate of drug-likeness (QED) is 0.871. The van der Waals surface area contributed by atoms with Crippen LogP contribution in [-0.2, 0) is 0 Å². The molecule has 2 aromatic rings. The van der Waals surface area contributed by atoms with Gasteiger partial charge in [-0.1, -0.05) is 17.7 Å². The summed E-state index contributed by atoms with van der Waals surface area (Å²) in [5.41, 5.74) is 0.473. The molecule has 1 aromatic heterocycles. The summed E-state index contributed by atoms with van der Waals surface area (Å²) in [4.78, 5) is 15.4. The Morgan fingerprint density at radius 1 is 1.33 bits per heavy atom. The van der Waals surface area contributed by atoms with Crippen molar-refractivity contribution in [3.8, 4) is 5.75 Å². The van der Waals surface area contributed by atoms with E-state index in [9.17, 15) is 9.18 Å². The van der Waals surface area contributed by atoms with Crippen molar-refractivity contribution in [3.05, 3.63) is 53.1 Å². The number of benzene rings is 1. The number of carbonyl (C=O) groups excluding carboxylic acids is 1. The normalized spacial score (nSPS) is 10.5. The Balaban J connectivity index is 2.13. The Kier molecular flexibility index (Phi) is 4.75. The lowest BCUT2D eigenvalue weighted by Crippen LogP contribution is -2.14. The van der Waals surface area contributed by atoms with Crippen LogP contribution >= 0.6 is 11.6 Å². The van der Waals surface area contributed by atoms with Crippen molar-refractivity contribution < 1.29 is 13.9 Å². The first kappa shape index (κ1) is 15.3. The molecule has 0 aliphatic heterocycles. The summed E-state index contributed by atoms with van der Waals surface area (Å²) in [6, 6.07) is 8.90. The number of hydrogen-bond donors (Lipinski definition) is 1. The minimum atomic E-state index is -0.707. The number of nitrogens with one attached hydrogen (secondary N) is 1. The molecule has 21 heavy (non-hydrogen) atoms. The number of amides is 1. The first-order valence-corrected chi connectivity index (χ1v) is 6.73. The second kappa shape index (κ2) is 6.54. The van der Waals surface area contributed by atoms with Crippen molar-refractivity contribution in [3.63, 3.8) is 0 Å². The van der Waals surface area contributed by atoms with E-state index in [0.717, 1.165) is 0 Å². The van der Waals surface area contributed by atoms with Crippen molar-refractivity contribution in [2.24, 2.45) is 0 Å². The summed E-state index contributed by atoms with van der Waals surface area (Å²) in [6.45, 7) is 3.78. The van der Waals surface area contributed by atoms with Crippen molar-refractivity contribution in [1.29, 1.82) is 0 Å². The van der Waals surface area contributed by atoms with Crippen LogP contribution in [0, 0.1) is 5.95 Å². The molecule has 0 unspecified atom stereocenters. The SMILES string of the molecule is CC(C)Oc1ccc(NC(=O)c2cccc(F)n2)cc1Cl. The predicted octanol–water partition coefficient (Wildman–Crippen LogP) is 3.91. The van der Waals surface area contributed by atoms with Crippen LogP contribution in [0.3, 0.4) is 0 Å². The lowest BCUT2D eigenvalue weighted by molar-refractivity contribution is 0.102. The van der Waals surface area contributed by atoms with E-state index in [1.165, 1.54) is 18.2 Å². The van der Waals surface area contributed by atoms with E-state index in [2.05, 4.69) is 10.3 Å². The Morgan fingerprint density at radius 3 is 2.71 bits per heavy atom. The fourth-order valence-electron chi connectivity index (χ4n) is 1.66. The van der Waals surface area contributed by atoms with Gasteiger partial charge in [0.05, 0.1) is 11.1 Å². The van der Waals surface area contributed by atoms with Crippen molar-refractivity contribution in [2.75, 3.05) is 5.32 Å². The molecule has 1 amide bonds. The maximum atomic E-state index is 13.0. The smallest absolute Gasteiger partial charge is 0.274 e. The number of anilines is 1. The molecular weight excluding hydrogens is 295 g/mol. The van der Waals surface area contributed by atoms with E-state index in [4.69, 9.17) is 16.3 Å². The highest BCUT2D eigenvalue weighted by Crippen LogP contribution is 2.28. The van der Waals surface area contributed by atoms with E-state index in [1.54, 1.807) is 18.2 Å². The molecule has 0 spiro atoms. The fourth-order valence-corrected chi connectivity index (χ4v) is 1.88. The third-order valence-corrected chi connectivity index (χ3v) is 2.80. The Bertz CT molecular complexity index is 662. The van der Waals surface area contributed by atoms with E-state index in [1.807, 2.05) is 13.8 Å². The molecule has 0 bridgehead atoms. The Labute approximate surface area is 126 Å². The van der Waals surface area contributed by atoms with Gasteiger partial charge in [-0.05, 0) is 44.2 Å². The molecule has 1 aromatic carbocycles. The van der Waals surface area contributed by atoms with Crippen molar-refractivity contribution >= 4 is 23.2 Å². The van der Waals surface area contributed by atoms with Gasteiger partial charge in [0.25, 0.3) is 5.91 Å². The van der Waals surface area contributed by atoms with Crippen LogP contribution < -0.4 is 10.1 Å². The number of carbonyl (C=O) groups is 1. The minimum Gasteiger partial charge on any atom is -0.489 e. The minimum absolute atomic E-state index is 0.000523. The molecule has 0 saturated carbocycles. The van der Waals surface area contributed by atoms with Gasteiger partial charge in [-0.15, -0.1) is 0 Å². The van der Waals surface area contributed by atoms with Gasteiger partial charge in [0, 0.05) is 5.69 Å². The van der Waals surface area contributed by atoms with Gasteiger partial charge in [0.2, 0.25) is 5.95 Å².